The summed E-state index contributed by atoms with van der Waals surface area (Å²) in [5, 5.41) is 22.3. The predicted molar refractivity (Wildman–Crippen MR) is 82.1 cm³/mol. The van der Waals surface area contributed by atoms with Crippen molar-refractivity contribution in [1.29, 1.82) is 0 Å². The van der Waals surface area contributed by atoms with Gasteiger partial charge in [-0.2, -0.15) is 0 Å². The third-order valence-electron chi connectivity index (χ3n) is 3.15. The third kappa shape index (κ3) is 3.34. The summed E-state index contributed by atoms with van der Waals surface area (Å²) in [6.07, 6.45) is 0. The van der Waals surface area contributed by atoms with Crippen LogP contribution in [0.3, 0.4) is 0 Å². The van der Waals surface area contributed by atoms with E-state index in [2.05, 4.69) is 10.1 Å². The Kier molecular flexibility index (Phi) is 4.70. The van der Waals surface area contributed by atoms with Crippen LogP contribution in [0.2, 0.25) is 0 Å². The van der Waals surface area contributed by atoms with Crippen LogP contribution in [0.4, 0.5) is 5.69 Å². The molecular formula is C16H15NO6. The number of hydrogen-bond donors (Lipinski definition) is 3. The molecule has 0 aliphatic rings. The molecule has 7 heteroatoms. The number of ether oxygens (including phenoxy) is 2. The highest BCUT2D eigenvalue weighted by Crippen LogP contribution is 2.33. The van der Waals surface area contributed by atoms with Crippen LogP contribution in [0.25, 0.3) is 0 Å². The molecule has 1 amide bonds. The van der Waals surface area contributed by atoms with E-state index in [1.807, 2.05) is 0 Å². The van der Waals surface area contributed by atoms with Gasteiger partial charge in [-0.25, -0.2) is 4.79 Å². The number of benzene rings is 2. The van der Waals surface area contributed by atoms with E-state index in [9.17, 15) is 19.8 Å². The van der Waals surface area contributed by atoms with E-state index >= 15 is 0 Å². The van der Waals surface area contributed by atoms with Crippen LogP contribution >= 0.6 is 0 Å². The summed E-state index contributed by atoms with van der Waals surface area (Å²) in [5.74, 6) is -2.23. The van der Waals surface area contributed by atoms with Crippen molar-refractivity contribution in [3.63, 3.8) is 0 Å². The molecule has 0 radical (unpaired) electrons. The Balaban J connectivity index is 2.25. The van der Waals surface area contributed by atoms with Crippen LogP contribution in [0.15, 0.2) is 36.4 Å². The van der Waals surface area contributed by atoms with Gasteiger partial charge in [-0.1, -0.05) is 0 Å². The molecule has 0 fully saturated rings. The maximum absolute atomic E-state index is 12.2. The number of esters is 1. The standard InChI is InChI=1S/C16H15NO6/c1-22-10-5-3-9(4-6-10)17-15(20)11-7-8-12(16(21)23-2)14(19)13(11)18/h3-8,18-19H,1-2H3,(H,17,20). The maximum atomic E-state index is 12.2. The molecule has 0 spiro atoms. The SMILES string of the molecule is COC(=O)c1ccc(C(=O)Nc2ccc(OC)cc2)c(O)c1O. The molecule has 23 heavy (non-hydrogen) atoms. The van der Waals surface area contributed by atoms with Gasteiger partial charge in [-0.05, 0) is 36.4 Å². The number of rotatable bonds is 4. The molecule has 0 aliphatic heterocycles. The Labute approximate surface area is 132 Å². The minimum atomic E-state index is -0.820. The fraction of sp³-hybridized carbons (Fsp3) is 0.125. The van der Waals surface area contributed by atoms with Crippen LogP contribution in [-0.2, 0) is 4.74 Å². The third-order valence-corrected chi connectivity index (χ3v) is 3.15. The smallest absolute Gasteiger partial charge is 0.341 e. The van der Waals surface area contributed by atoms with Crippen LogP contribution < -0.4 is 10.1 Å². The van der Waals surface area contributed by atoms with E-state index in [-0.39, 0.29) is 11.1 Å². The van der Waals surface area contributed by atoms with Gasteiger partial charge in [0.25, 0.3) is 5.91 Å². The van der Waals surface area contributed by atoms with Gasteiger partial charge in [0.05, 0.1) is 19.8 Å². The molecule has 0 aromatic heterocycles. The molecule has 0 aliphatic carbocycles. The number of aromatic hydroxyl groups is 2. The fourth-order valence-corrected chi connectivity index (χ4v) is 1.91. The Hall–Kier alpha value is -3.22. The highest BCUT2D eigenvalue weighted by atomic mass is 16.5. The second-order valence-electron chi connectivity index (χ2n) is 4.53. The first kappa shape index (κ1) is 16.2. The fourth-order valence-electron chi connectivity index (χ4n) is 1.91. The average Bonchev–Trinajstić information content (AvgIpc) is 2.57. The zero-order valence-electron chi connectivity index (χ0n) is 12.5. The molecular weight excluding hydrogens is 302 g/mol. The van der Waals surface area contributed by atoms with Crippen molar-refractivity contribution in [1.82, 2.24) is 0 Å². The van der Waals surface area contributed by atoms with Crippen LogP contribution in [-0.4, -0.2) is 36.3 Å². The topological polar surface area (TPSA) is 105 Å². The summed E-state index contributed by atoms with van der Waals surface area (Å²) in [6.45, 7) is 0. The van der Waals surface area contributed by atoms with Crippen LogP contribution in [0, 0.1) is 0 Å². The molecule has 7 nitrogen and oxygen atoms in total. The van der Waals surface area contributed by atoms with Crippen molar-refractivity contribution >= 4 is 17.6 Å². The minimum Gasteiger partial charge on any atom is -0.504 e. The largest absolute Gasteiger partial charge is 0.504 e. The minimum absolute atomic E-state index is 0.175. The van der Waals surface area contributed by atoms with Crippen LogP contribution in [0.5, 0.6) is 17.2 Å². The molecule has 2 rings (SSSR count). The van der Waals surface area contributed by atoms with Gasteiger partial charge in [0, 0.05) is 5.69 Å². The number of amides is 1. The molecule has 120 valence electrons. The van der Waals surface area contributed by atoms with E-state index in [1.165, 1.54) is 19.2 Å². The van der Waals surface area contributed by atoms with Crippen LogP contribution in [0.1, 0.15) is 20.7 Å². The normalized spacial score (nSPS) is 10.0. The molecule has 3 N–H and O–H groups in total. The van der Waals surface area contributed by atoms with Crippen molar-refractivity contribution in [2.45, 2.75) is 0 Å². The average molecular weight is 317 g/mol. The Morgan fingerprint density at radius 1 is 0.913 bits per heavy atom. The van der Waals surface area contributed by atoms with Gasteiger partial charge in [-0.3, -0.25) is 4.79 Å². The molecule has 2 aromatic rings. The summed E-state index contributed by atoms with van der Waals surface area (Å²) in [6, 6.07) is 8.98. The van der Waals surface area contributed by atoms with Gasteiger partial charge in [0.2, 0.25) is 0 Å². The number of carbonyl (C=O) groups excluding carboxylic acids is 2. The van der Waals surface area contributed by atoms with E-state index in [0.29, 0.717) is 11.4 Å². The highest BCUT2D eigenvalue weighted by molar-refractivity contribution is 6.08. The number of phenolic OH excluding ortho intramolecular Hbond substituents is 2. The van der Waals surface area contributed by atoms with Gasteiger partial charge < -0.3 is 25.0 Å². The molecule has 0 heterocycles. The van der Waals surface area contributed by atoms with Crippen molar-refractivity contribution in [3.8, 4) is 17.2 Å². The lowest BCUT2D eigenvalue weighted by Gasteiger charge is -2.10. The molecule has 0 atom stereocenters. The van der Waals surface area contributed by atoms with E-state index in [1.54, 1.807) is 24.3 Å². The molecule has 2 aromatic carbocycles. The predicted octanol–water partition coefficient (Wildman–Crippen LogP) is 2.15. The second-order valence-corrected chi connectivity index (χ2v) is 4.53. The lowest BCUT2D eigenvalue weighted by atomic mass is 10.1. The number of carbonyl (C=O) groups is 2. The van der Waals surface area contributed by atoms with Gasteiger partial charge in [0.1, 0.15) is 11.3 Å². The second kappa shape index (κ2) is 6.69. The Morgan fingerprint density at radius 3 is 2.04 bits per heavy atom. The number of anilines is 1. The first-order valence-electron chi connectivity index (χ1n) is 6.56. The van der Waals surface area contributed by atoms with Crippen molar-refractivity contribution in [2.75, 3.05) is 19.5 Å². The van der Waals surface area contributed by atoms with Crippen molar-refractivity contribution in [3.05, 3.63) is 47.5 Å². The van der Waals surface area contributed by atoms with E-state index in [0.717, 1.165) is 7.11 Å². The summed E-state index contributed by atoms with van der Waals surface area (Å²) >= 11 is 0. The highest BCUT2D eigenvalue weighted by Gasteiger charge is 2.21. The number of nitrogens with one attached hydrogen (secondary N) is 1. The van der Waals surface area contributed by atoms with Gasteiger partial charge in [0.15, 0.2) is 11.5 Å². The maximum Gasteiger partial charge on any atom is 0.341 e. The van der Waals surface area contributed by atoms with Gasteiger partial charge >= 0.3 is 5.97 Å². The van der Waals surface area contributed by atoms with Crippen molar-refractivity contribution < 1.29 is 29.3 Å². The molecule has 0 unspecified atom stereocenters. The first-order chi connectivity index (χ1) is 11.0. The molecule has 0 bridgehead atoms. The first-order valence-corrected chi connectivity index (χ1v) is 6.56. The van der Waals surface area contributed by atoms with Crippen molar-refractivity contribution in [2.24, 2.45) is 0 Å². The monoisotopic (exact) mass is 317 g/mol. The lowest BCUT2D eigenvalue weighted by molar-refractivity contribution is 0.0596. The number of phenols is 2. The van der Waals surface area contributed by atoms with E-state index < -0.39 is 23.4 Å². The zero-order valence-corrected chi connectivity index (χ0v) is 12.5. The molecule has 0 saturated heterocycles. The summed E-state index contributed by atoms with van der Waals surface area (Å²) in [5.41, 5.74) is 0.0729. The summed E-state index contributed by atoms with van der Waals surface area (Å²) in [7, 11) is 2.67. The quantitative estimate of drug-likeness (QED) is 0.589. The lowest BCUT2D eigenvalue weighted by Crippen LogP contribution is -2.13. The summed E-state index contributed by atoms with van der Waals surface area (Å²) in [4.78, 5) is 23.6. The summed E-state index contributed by atoms with van der Waals surface area (Å²) < 4.78 is 9.48. The Bertz CT molecular complexity index is 739. The Morgan fingerprint density at radius 2 is 1.48 bits per heavy atom. The van der Waals surface area contributed by atoms with Gasteiger partial charge in [-0.15, -0.1) is 0 Å². The zero-order chi connectivity index (χ0) is 17.0. The number of hydrogen-bond acceptors (Lipinski definition) is 6. The molecule has 0 saturated carbocycles. The number of methoxy groups -OCH3 is 2. The van der Waals surface area contributed by atoms with E-state index in [4.69, 9.17) is 4.74 Å².